The van der Waals surface area contributed by atoms with Gasteiger partial charge in [-0.25, -0.2) is 17.1 Å². The lowest BCUT2D eigenvalue weighted by molar-refractivity contribution is -0.126. The van der Waals surface area contributed by atoms with Crippen LogP contribution in [0.1, 0.15) is 24.8 Å². The zero-order valence-corrected chi connectivity index (χ0v) is 14.1. The third kappa shape index (κ3) is 5.58. The molecular formula is C16H23FN2O3S. The van der Waals surface area contributed by atoms with Crippen molar-refractivity contribution < 1.29 is 17.6 Å². The molecule has 1 unspecified atom stereocenters. The van der Waals surface area contributed by atoms with E-state index in [2.05, 4.69) is 5.32 Å². The first-order valence-electron chi connectivity index (χ1n) is 7.83. The van der Waals surface area contributed by atoms with E-state index in [4.69, 9.17) is 0 Å². The van der Waals surface area contributed by atoms with Gasteiger partial charge in [0.25, 0.3) is 0 Å². The number of aryl methyl sites for hydroxylation is 1. The molecule has 7 heteroatoms. The maximum absolute atomic E-state index is 12.8. The minimum Gasteiger partial charge on any atom is -0.356 e. The zero-order chi connectivity index (χ0) is 16.9. The Kier molecular flexibility index (Phi) is 6.12. The molecule has 0 spiro atoms. The van der Waals surface area contributed by atoms with Crippen molar-refractivity contribution in [3.8, 4) is 0 Å². The van der Waals surface area contributed by atoms with Crippen LogP contribution in [-0.2, 0) is 21.2 Å². The fraction of sp³-hybridized carbons (Fsp3) is 0.562. The summed E-state index contributed by atoms with van der Waals surface area (Å²) in [5, 5.41) is 2.87. The van der Waals surface area contributed by atoms with E-state index in [1.807, 2.05) is 0 Å². The summed E-state index contributed by atoms with van der Waals surface area (Å²) in [7, 11) is -3.23. The van der Waals surface area contributed by atoms with Gasteiger partial charge in [0, 0.05) is 19.6 Å². The van der Waals surface area contributed by atoms with Gasteiger partial charge in [-0.15, -0.1) is 0 Å². The van der Waals surface area contributed by atoms with Crippen molar-refractivity contribution >= 4 is 15.9 Å². The molecule has 128 valence electrons. The van der Waals surface area contributed by atoms with Gasteiger partial charge in [-0.1, -0.05) is 12.1 Å². The van der Waals surface area contributed by atoms with Gasteiger partial charge in [0.15, 0.2) is 0 Å². The van der Waals surface area contributed by atoms with E-state index in [-0.39, 0.29) is 24.2 Å². The number of carbonyl (C=O) groups excluding carboxylic acids is 1. The second-order valence-corrected chi connectivity index (χ2v) is 7.96. The van der Waals surface area contributed by atoms with Gasteiger partial charge in [-0.05, 0) is 43.4 Å². The summed E-state index contributed by atoms with van der Waals surface area (Å²) in [5.41, 5.74) is 1.03. The van der Waals surface area contributed by atoms with Gasteiger partial charge in [-0.2, -0.15) is 0 Å². The van der Waals surface area contributed by atoms with Crippen LogP contribution in [0.3, 0.4) is 0 Å². The quantitative estimate of drug-likeness (QED) is 0.798. The number of benzene rings is 1. The average Bonchev–Trinajstić information content (AvgIpc) is 2.52. The SMILES string of the molecule is CS(=O)(=O)N1CCCC(C(=O)NCCCc2ccc(F)cc2)C1. The van der Waals surface area contributed by atoms with E-state index < -0.39 is 10.0 Å². The maximum atomic E-state index is 12.8. The number of amides is 1. The number of hydrogen-bond acceptors (Lipinski definition) is 3. The summed E-state index contributed by atoms with van der Waals surface area (Å²) in [5.74, 6) is -0.614. The lowest BCUT2D eigenvalue weighted by atomic mass is 9.99. The normalized spacial score (nSPS) is 19.5. The highest BCUT2D eigenvalue weighted by Crippen LogP contribution is 2.18. The summed E-state index contributed by atoms with van der Waals surface area (Å²) in [4.78, 5) is 12.1. The molecule has 2 rings (SSSR count). The van der Waals surface area contributed by atoms with Gasteiger partial charge >= 0.3 is 0 Å². The van der Waals surface area contributed by atoms with Crippen molar-refractivity contribution in [2.45, 2.75) is 25.7 Å². The zero-order valence-electron chi connectivity index (χ0n) is 13.3. The molecule has 0 saturated carbocycles. The molecule has 1 saturated heterocycles. The second-order valence-electron chi connectivity index (χ2n) is 5.98. The number of piperidine rings is 1. The summed E-state index contributed by atoms with van der Waals surface area (Å²) < 4.78 is 37.3. The average molecular weight is 342 g/mol. The Morgan fingerprint density at radius 1 is 1.35 bits per heavy atom. The van der Waals surface area contributed by atoms with Crippen molar-refractivity contribution in [2.24, 2.45) is 5.92 Å². The van der Waals surface area contributed by atoms with Gasteiger partial charge in [0.2, 0.25) is 15.9 Å². The topological polar surface area (TPSA) is 66.5 Å². The minimum atomic E-state index is -3.23. The first kappa shape index (κ1) is 17.9. The molecule has 23 heavy (non-hydrogen) atoms. The van der Waals surface area contributed by atoms with E-state index in [1.54, 1.807) is 12.1 Å². The number of halogens is 1. The second kappa shape index (κ2) is 7.88. The molecule has 1 fully saturated rings. The monoisotopic (exact) mass is 342 g/mol. The molecular weight excluding hydrogens is 319 g/mol. The Bertz CT molecular complexity index is 631. The molecule has 1 aliphatic rings. The van der Waals surface area contributed by atoms with Crippen LogP contribution in [0, 0.1) is 11.7 Å². The van der Waals surface area contributed by atoms with Crippen molar-refractivity contribution in [1.82, 2.24) is 9.62 Å². The van der Waals surface area contributed by atoms with Crippen LogP contribution in [0.25, 0.3) is 0 Å². The number of hydrogen-bond donors (Lipinski definition) is 1. The number of sulfonamides is 1. The highest BCUT2D eigenvalue weighted by atomic mass is 32.2. The Morgan fingerprint density at radius 3 is 2.70 bits per heavy atom. The molecule has 0 aliphatic carbocycles. The molecule has 1 atom stereocenters. The molecule has 1 N–H and O–H groups in total. The largest absolute Gasteiger partial charge is 0.356 e. The molecule has 1 aromatic rings. The standard InChI is InChI=1S/C16H23FN2O3S/c1-23(21,22)19-11-3-5-14(12-19)16(20)18-10-2-4-13-6-8-15(17)9-7-13/h6-9,14H,2-5,10-12H2,1H3,(H,18,20). The number of nitrogens with one attached hydrogen (secondary N) is 1. The number of rotatable bonds is 6. The van der Waals surface area contributed by atoms with Crippen molar-refractivity contribution in [1.29, 1.82) is 0 Å². The van der Waals surface area contributed by atoms with Crippen LogP contribution in [0.2, 0.25) is 0 Å². The van der Waals surface area contributed by atoms with Gasteiger partial charge < -0.3 is 5.32 Å². The van der Waals surface area contributed by atoms with Gasteiger partial charge in [0.05, 0.1) is 12.2 Å². The van der Waals surface area contributed by atoms with Gasteiger partial charge in [-0.3, -0.25) is 4.79 Å². The van der Waals surface area contributed by atoms with Gasteiger partial charge in [0.1, 0.15) is 5.82 Å². The van der Waals surface area contributed by atoms with Crippen LogP contribution in [0.5, 0.6) is 0 Å². The van der Waals surface area contributed by atoms with E-state index in [9.17, 15) is 17.6 Å². The number of carbonyl (C=O) groups is 1. The highest BCUT2D eigenvalue weighted by molar-refractivity contribution is 7.88. The van der Waals surface area contributed by atoms with Crippen LogP contribution in [0.15, 0.2) is 24.3 Å². The lowest BCUT2D eigenvalue weighted by Crippen LogP contribution is -2.45. The Balaban J connectivity index is 1.73. The Hall–Kier alpha value is -1.47. The van der Waals surface area contributed by atoms with E-state index >= 15 is 0 Å². The molecule has 1 aromatic carbocycles. The van der Waals surface area contributed by atoms with Crippen molar-refractivity contribution in [3.63, 3.8) is 0 Å². The highest BCUT2D eigenvalue weighted by Gasteiger charge is 2.29. The van der Waals surface area contributed by atoms with E-state index in [1.165, 1.54) is 22.7 Å². The van der Waals surface area contributed by atoms with E-state index in [0.29, 0.717) is 19.5 Å². The fourth-order valence-corrected chi connectivity index (χ4v) is 3.67. The van der Waals surface area contributed by atoms with Crippen molar-refractivity contribution in [2.75, 3.05) is 25.9 Å². The van der Waals surface area contributed by atoms with Crippen LogP contribution in [-0.4, -0.2) is 44.5 Å². The molecule has 0 radical (unpaired) electrons. The third-order valence-corrected chi connectivity index (χ3v) is 5.35. The molecule has 5 nitrogen and oxygen atoms in total. The predicted molar refractivity (Wildman–Crippen MR) is 86.9 cm³/mol. The molecule has 0 bridgehead atoms. The molecule has 1 amide bonds. The van der Waals surface area contributed by atoms with E-state index in [0.717, 1.165) is 24.8 Å². The summed E-state index contributed by atoms with van der Waals surface area (Å²) in [6, 6.07) is 6.33. The fourth-order valence-electron chi connectivity index (χ4n) is 2.76. The third-order valence-electron chi connectivity index (χ3n) is 4.08. The smallest absolute Gasteiger partial charge is 0.224 e. The van der Waals surface area contributed by atoms with Crippen LogP contribution in [0.4, 0.5) is 4.39 Å². The lowest BCUT2D eigenvalue weighted by Gasteiger charge is -2.30. The maximum Gasteiger partial charge on any atom is 0.224 e. The number of nitrogens with zero attached hydrogens (tertiary/aromatic N) is 1. The minimum absolute atomic E-state index is 0.0857. The summed E-state index contributed by atoms with van der Waals surface area (Å²) in [6.07, 6.45) is 4.13. The molecule has 0 aromatic heterocycles. The Labute approximate surface area is 136 Å². The molecule has 1 aliphatic heterocycles. The molecule has 1 heterocycles. The first-order chi connectivity index (χ1) is 10.9. The van der Waals surface area contributed by atoms with Crippen LogP contribution < -0.4 is 5.32 Å². The summed E-state index contributed by atoms with van der Waals surface area (Å²) in [6.45, 7) is 1.29. The predicted octanol–water partition coefficient (Wildman–Crippen LogP) is 1.55. The van der Waals surface area contributed by atoms with Crippen LogP contribution >= 0.6 is 0 Å². The summed E-state index contributed by atoms with van der Waals surface area (Å²) >= 11 is 0. The van der Waals surface area contributed by atoms with Crippen molar-refractivity contribution in [3.05, 3.63) is 35.6 Å². The Morgan fingerprint density at radius 2 is 2.04 bits per heavy atom. The first-order valence-corrected chi connectivity index (χ1v) is 9.68.